The first kappa shape index (κ1) is 17.7. The van der Waals surface area contributed by atoms with Gasteiger partial charge in [0, 0.05) is 17.8 Å². The average molecular weight is 376 g/mol. The van der Waals surface area contributed by atoms with Gasteiger partial charge in [-0.15, -0.1) is 0 Å². The van der Waals surface area contributed by atoms with Gasteiger partial charge >= 0.3 is 0 Å². The summed E-state index contributed by atoms with van der Waals surface area (Å²) in [5, 5.41) is 14.0. The normalized spacial score (nSPS) is 16.7. The van der Waals surface area contributed by atoms with Crippen molar-refractivity contribution < 1.29 is 19.2 Å². The molecular formula is C17H14ClN3O5. The third kappa shape index (κ3) is 3.31. The average Bonchev–Trinajstić information content (AvgIpc) is 2.88. The Hall–Kier alpha value is -3.13. The number of imide groups is 1. The van der Waals surface area contributed by atoms with Gasteiger partial charge in [0.05, 0.1) is 29.2 Å². The van der Waals surface area contributed by atoms with Crippen LogP contribution in [0.5, 0.6) is 5.75 Å². The Kier molecular flexibility index (Phi) is 4.77. The largest absolute Gasteiger partial charge is 0.495 e. The number of nitro benzene ring substituents is 1. The maximum absolute atomic E-state index is 12.6. The molecule has 134 valence electrons. The van der Waals surface area contributed by atoms with Crippen LogP contribution in [0.2, 0.25) is 5.02 Å². The highest BCUT2D eigenvalue weighted by atomic mass is 35.5. The van der Waals surface area contributed by atoms with E-state index in [4.69, 9.17) is 16.3 Å². The zero-order valence-electron chi connectivity index (χ0n) is 13.6. The van der Waals surface area contributed by atoms with Crippen molar-refractivity contribution in [2.75, 3.05) is 17.3 Å². The lowest BCUT2D eigenvalue weighted by molar-refractivity contribution is -0.384. The summed E-state index contributed by atoms with van der Waals surface area (Å²) in [4.78, 5) is 36.3. The van der Waals surface area contributed by atoms with E-state index in [9.17, 15) is 19.7 Å². The minimum absolute atomic E-state index is 0.0643. The van der Waals surface area contributed by atoms with Crippen molar-refractivity contribution in [1.82, 2.24) is 0 Å². The zero-order valence-corrected chi connectivity index (χ0v) is 14.4. The number of carbonyl (C=O) groups is 2. The van der Waals surface area contributed by atoms with E-state index in [1.165, 1.54) is 31.4 Å². The van der Waals surface area contributed by atoms with Gasteiger partial charge in [0.15, 0.2) is 0 Å². The number of carbonyl (C=O) groups excluding carboxylic acids is 2. The van der Waals surface area contributed by atoms with Gasteiger partial charge in [-0.2, -0.15) is 0 Å². The fraction of sp³-hybridized carbons (Fsp3) is 0.176. The van der Waals surface area contributed by atoms with E-state index in [0.29, 0.717) is 17.1 Å². The molecule has 0 unspecified atom stereocenters. The lowest BCUT2D eigenvalue weighted by Crippen LogP contribution is -2.34. The minimum atomic E-state index is -0.814. The van der Waals surface area contributed by atoms with Crippen molar-refractivity contribution in [1.29, 1.82) is 0 Å². The molecule has 3 rings (SSSR count). The summed E-state index contributed by atoms with van der Waals surface area (Å²) in [7, 11) is 1.46. The molecule has 0 radical (unpaired) electrons. The molecule has 0 aliphatic carbocycles. The van der Waals surface area contributed by atoms with Crippen LogP contribution in [0.1, 0.15) is 6.42 Å². The molecule has 8 nitrogen and oxygen atoms in total. The van der Waals surface area contributed by atoms with Crippen molar-refractivity contribution in [2.24, 2.45) is 0 Å². The number of amides is 2. The van der Waals surface area contributed by atoms with Crippen LogP contribution in [0.3, 0.4) is 0 Å². The van der Waals surface area contributed by atoms with Gasteiger partial charge in [0.1, 0.15) is 11.8 Å². The maximum Gasteiger partial charge on any atom is 0.271 e. The van der Waals surface area contributed by atoms with Gasteiger partial charge in [-0.1, -0.05) is 17.7 Å². The SMILES string of the molecule is COc1ccc(N2C(=O)C[C@@H](Nc3cccc([N+](=O)[O-])c3)C2=O)cc1Cl. The van der Waals surface area contributed by atoms with Crippen LogP contribution in [-0.2, 0) is 9.59 Å². The second-order valence-electron chi connectivity index (χ2n) is 5.59. The highest BCUT2D eigenvalue weighted by Gasteiger charge is 2.39. The number of hydrogen-bond acceptors (Lipinski definition) is 6. The van der Waals surface area contributed by atoms with Crippen molar-refractivity contribution in [3.8, 4) is 5.75 Å². The van der Waals surface area contributed by atoms with E-state index in [0.717, 1.165) is 4.90 Å². The standard InChI is InChI=1S/C17H14ClN3O5/c1-26-15-6-5-11(8-13(15)18)20-16(22)9-14(17(20)23)19-10-3-2-4-12(7-10)21(24)25/h2-8,14,19H,9H2,1H3/t14-/m1/s1. The van der Waals surface area contributed by atoms with Crippen LogP contribution in [0.4, 0.5) is 17.1 Å². The predicted molar refractivity (Wildman–Crippen MR) is 95.6 cm³/mol. The molecule has 1 fully saturated rings. The summed E-state index contributed by atoms with van der Waals surface area (Å²) < 4.78 is 5.06. The topological polar surface area (TPSA) is 102 Å². The highest BCUT2D eigenvalue weighted by molar-refractivity contribution is 6.33. The first-order chi connectivity index (χ1) is 12.4. The van der Waals surface area contributed by atoms with Crippen molar-refractivity contribution >= 4 is 40.5 Å². The number of nitrogens with one attached hydrogen (secondary N) is 1. The predicted octanol–water partition coefficient (Wildman–Crippen LogP) is 3.00. The summed E-state index contributed by atoms with van der Waals surface area (Å²) in [6, 6.07) is 9.55. The molecule has 1 atom stereocenters. The quantitative estimate of drug-likeness (QED) is 0.489. The van der Waals surface area contributed by atoms with E-state index < -0.39 is 16.9 Å². The van der Waals surface area contributed by atoms with Gasteiger partial charge in [-0.05, 0) is 24.3 Å². The molecular weight excluding hydrogens is 362 g/mol. The first-order valence-corrected chi connectivity index (χ1v) is 8.00. The van der Waals surface area contributed by atoms with Gasteiger partial charge < -0.3 is 10.1 Å². The second-order valence-corrected chi connectivity index (χ2v) is 6.00. The molecule has 0 aromatic heterocycles. The van der Waals surface area contributed by atoms with Crippen molar-refractivity contribution in [3.05, 3.63) is 57.6 Å². The molecule has 0 spiro atoms. The van der Waals surface area contributed by atoms with E-state index in [2.05, 4.69) is 5.32 Å². The number of ether oxygens (including phenoxy) is 1. The number of nitrogens with zero attached hydrogens (tertiary/aromatic N) is 2. The molecule has 1 aliphatic rings. The van der Waals surface area contributed by atoms with Crippen LogP contribution in [0, 0.1) is 10.1 Å². The van der Waals surface area contributed by atoms with Crippen LogP contribution >= 0.6 is 11.6 Å². The molecule has 1 heterocycles. The van der Waals surface area contributed by atoms with Crippen LogP contribution in [0.15, 0.2) is 42.5 Å². The summed E-state index contributed by atoms with van der Waals surface area (Å²) in [5.74, 6) is -0.414. The Bertz CT molecular complexity index is 902. The molecule has 0 saturated carbocycles. The molecule has 1 aliphatic heterocycles. The minimum Gasteiger partial charge on any atom is -0.495 e. The van der Waals surface area contributed by atoms with Gasteiger partial charge in [-0.25, -0.2) is 4.90 Å². The van der Waals surface area contributed by atoms with Gasteiger partial charge in [0.2, 0.25) is 5.91 Å². The van der Waals surface area contributed by atoms with Crippen LogP contribution < -0.4 is 15.0 Å². The number of rotatable bonds is 5. The fourth-order valence-corrected chi connectivity index (χ4v) is 2.97. The Morgan fingerprint density at radius 3 is 2.69 bits per heavy atom. The Morgan fingerprint density at radius 1 is 1.27 bits per heavy atom. The Balaban J connectivity index is 1.82. The number of halogens is 1. The van der Waals surface area contributed by atoms with Crippen LogP contribution in [-0.4, -0.2) is 29.9 Å². The summed E-state index contributed by atoms with van der Waals surface area (Å²) in [6.07, 6.45) is -0.0643. The number of benzene rings is 2. The fourth-order valence-electron chi connectivity index (χ4n) is 2.72. The number of methoxy groups -OCH3 is 1. The molecule has 1 N–H and O–H groups in total. The number of hydrogen-bond donors (Lipinski definition) is 1. The molecule has 2 aromatic rings. The Labute approximate surface area is 153 Å². The lowest BCUT2D eigenvalue weighted by atomic mass is 10.2. The maximum atomic E-state index is 12.6. The second kappa shape index (κ2) is 7.01. The van der Waals surface area contributed by atoms with E-state index in [1.807, 2.05) is 0 Å². The molecule has 9 heteroatoms. The summed E-state index contributed by atoms with van der Waals surface area (Å²) >= 11 is 6.06. The van der Waals surface area contributed by atoms with Gasteiger partial charge in [0.25, 0.3) is 11.6 Å². The lowest BCUT2D eigenvalue weighted by Gasteiger charge is -2.17. The van der Waals surface area contributed by atoms with E-state index in [1.54, 1.807) is 18.2 Å². The molecule has 0 bridgehead atoms. The number of non-ortho nitro benzene ring substituents is 1. The first-order valence-electron chi connectivity index (χ1n) is 7.62. The summed E-state index contributed by atoms with van der Waals surface area (Å²) in [5.41, 5.74) is 0.625. The smallest absolute Gasteiger partial charge is 0.271 e. The van der Waals surface area contributed by atoms with E-state index >= 15 is 0 Å². The molecule has 26 heavy (non-hydrogen) atoms. The highest BCUT2D eigenvalue weighted by Crippen LogP contribution is 2.32. The van der Waals surface area contributed by atoms with Crippen LogP contribution in [0.25, 0.3) is 0 Å². The molecule has 2 aromatic carbocycles. The monoisotopic (exact) mass is 375 g/mol. The van der Waals surface area contributed by atoms with E-state index in [-0.39, 0.29) is 23.0 Å². The van der Waals surface area contributed by atoms with Gasteiger partial charge in [-0.3, -0.25) is 19.7 Å². The third-order valence-corrected chi connectivity index (χ3v) is 4.23. The van der Waals surface area contributed by atoms with Crippen molar-refractivity contribution in [2.45, 2.75) is 12.5 Å². The number of anilines is 2. The molecule has 2 amide bonds. The Morgan fingerprint density at radius 2 is 2.04 bits per heavy atom. The number of nitro groups is 1. The third-order valence-electron chi connectivity index (χ3n) is 3.94. The zero-order chi connectivity index (χ0) is 18.8. The molecule has 1 saturated heterocycles. The van der Waals surface area contributed by atoms with Crippen molar-refractivity contribution in [3.63, 3.8) is 0 Å². The summed E-state index contributed by atoms with van der Waals surface area (Å²) in [6.45, 7) is 0.